The van der Waals surface area contributed by atoms with Gasteiger partial charge in [-0.15, -0.1) is 10.2 Å². The Kier molecular flexibility index (Phi) is 3.66. The Hall–Kier alpha value is -1.69. The highest BCUT2D eigenvalue weighted by atomic mass is 16.3. The number of hydrogen-bond donors (Lipinski definition) is 1. The highest BCUT2D eigenvalue weighted by molar-refractivity contribution is 4.82. The zero-order valence-electron chi connectivity index (χ0n) is 9.03. The lowest BCUT2D eigenvalue weighted by Gasteiger charge is -2.05. The molecule has 86 valence electrons. The Labute approximate surface area is 93.6 Å². The van der Waals surface area contributed by atoms with Crippen LogP contribution in [0.2, 0.25) is 0 Å². The molecule has 6 heteroatoms. The third kappa shape index (κ3) is 2.66. The quantitative estimate of drug-likeness (QED) is 0.719. The van der Waals surface area contributed by atoms with Crippen LogP contribution in [0.3, 0.4) is 0 Å². The van der Waals surface area contributed by atoms with Crippen molar-refractivity contribution in [1.29, 1.82) is 0 Å². The number of aliphatic hydroxyl groups excluding tert-OH is 1. The lowest BCUT2D eigenvalue weighted by molar-refractivity contribution is 0.264. The average molecular weight is 221 g/mol. The second-order valence-electron chi connectivity index (χ2n) is 3.61. The molecule has 0 saturated carbocycles. The van der Waals surface area contributed by atoms with Gasteiger partial charge >= 0.3 is 0 Å². The van der Waals surface area contributed by atoms with Gasteiger partial charge in [0.15, 0.2) is 5.82 Å². The molecule has 0 aromatic carbocycles. The van der Waals surface area contributed by atoms with Crippen molar-refractivity contribution >= 4 is 0 Å². The van der Waals surface area contributed by atoms with Crippen molar-refractivity contribution < 1.29 is 5.11 Å². The molecule has 0 saturated heterocycles. The van der Waals surface area contributed by atoms with Crippen molar-refractivity contribution in [3.05, 3.63) is 30.9 Å². The Bertz CT molecular complexity index is 409. The van der Waals surface area contributed by atoms with E-state index in [9.17, 15) is 0 Å². The number of nitrogens with zero attached hydrogens (tertiary/aromatic N) is 5. The van der Waals surface area contributed by atoms with Crippen molar-refractivity contribution in [2.24, 2.45) is 0 Å². The molecule has 0 aliphatic carbocycles. The van der Waals surface area contributed by atoms with Crippen LogP contribution in [0.5, 0.6) is 0 Å². The highest BCUT2D eigenvalue weighted by Crippen LogP contribution is 2.01. The van der Waals surface area contributed by atoms with Gasteiger partial charge in [0.25, 0.3) is 0 Å². The van der Waals surface area contributed by atoms with E-state index in [2.05, 4.69) is 19.7 Å². The summed E-state index contributed by atoms with van der Waals surface area (Å²) in [5, 5.41) is 16.5. The molecule has 0 aliphatic rings. The smallest absolute Gasteiger partial charge is 0.158 e. The zero-order valence-corrected chi connectivity index (χ0v) is 9.03. The molecule has 2 aromatic heterocycles. The number of imidazole rings is 1. The number of unbranched alkanes of at least 4 members (excludes halogenated alkanes) is 1. The molecule has 0 aliphatic heterocycles. The molecule has 0 amide bonds. The first-order chi connectivity index (χ1) is 7.90. The normalized spacial score (nSPS) is 10.8. The van der Waals surface area contributed by atoms with Crippen molar-refractivity contribution in [1.82, 2.24) is 24.3 Å². The lowest BCUT2D eigenvalue weighted by Crippen LogP contribution is -2.04. The fourth-order valence-corrected chi connectivity index (χ4v) is 1.58. The molecule has 6 nitrogen and oxygen atoms in total. The molecule has 0 unspecified atom stereocenters. The van der Waals surface area contributed by atoms with Crippen LogP contribution in [-0.4, -0.2) is 29.4 Å². The summed E-state index contributed by atoms with van der Waals surface area (Å²) < 4.78 is 3.94. The molecule has 0 radical (unpaired) electrons. The summed E-state index contributed by atoms with van der Waals surface area (Å²) in [5.41, 5.74) is 0. The maximum atomic E-state index is 8.98. The van der Waals surface area contributed by atoms with Gasteiger partial charge in [0.1, 0.15) is 12.9 Å². The van der Waals surface area contributed by atoms with Crippen LogP contribution in [0, 0.1) is 0 Å². The number of aryl methyl sites for hydroxylation is 2. The summed E-state index contributed by atoms with van der Waals surface area (Å²) in [4.78, 5) is 3.98. The van der Waals surface area contributed by atoms with Crippen LogP contribution in [-0.2, 0) is 19.7 Å². The van der Waals surface area contributed by atoms with E-state index in [-0.39, 0.29) is 6.61 Å². The fourth-order valence-electron chi connectivity index (χ4n) is 1.58. The summed E-state index contributed by atoms with van der Waals surface area (Å²) in [7, 11) is 0. The van der Waals surface area contributed by atoms with Gasteiger partial charge in [0, 0.05) is 25.5 Å². The first-order valence-electron chi connectivity index (χ1n) is 5.33. The minimum atomic E-state index is -0.0540. The topological polar surface area (TPSA) is 68.8 Å². The van der Waals surface area contributed by atoms with E-state index in [4.69, 9.17) is 5.11 Å². The van der Waals surface area contributed by atoms with Gasteiger partial charge in [-0.2, -0.15) is 0 Å². The molecular formula is C10H15N5O. The van der Waals surface area contributed by atoms with Crippen LogP contribution in [0.1, 0.15) is 18.7 Å². The van der Waals surface area contributed by atoms with Crippen LogP contribution in [0.15, 0.2) is 25.0 Å². The second-order valence-corrected chi connectivity index (χ2v) is 3.61. The standard InChI is InChI=1S/C10H15N5O/c16-7-10-13-12-9-15(10)5-2-1-4-14-6-3-11-8-14/h3,6,8-9,16H,1-2,4-5,7H2. The van der Waals surface area contributed by atoms with E-state index in [1.54, 1.807) is 12.5 Å². The molecule has 2 rings (SSSR count). The summed E-state index contributed by atoms with van der Waals surface area (Å²) >= 11 is 0. The van der Waals surface area contributed by atoms with Crippen LogP contribution >= 0.6 is 0 Å². The van der Waals surface area contributed by atoms with Crippen LogP contribution in [0.25, 0.3) is 0 Å². The maximum Gasteiger partial charge on any atom is 0.158 e. The molecule has 2 aromatic rings. The van der Waals surface area contributed by atoms with Crippen molar-refractivity contribution in [2.75, 3.05) is 0 Å². The third-order valence-corrected chi connectivity index (χ3v) is 2.46. The summed E-state index contributed by atoms with van der Waals surface area (Å²) in [6, 6.07) is 0. The largest absolute Gasteiger partial charge is 0.388 e. The average Bonchev–Trinajstić information content (AvgIpc) is 2.95. The molecule has 2 heterocycles. The second kappa shape index (κ2) is 5.41. The van der Waals surface area contributed by atoms with Crippen molar-refractivity contribution in [3.8, 4) is 0 Å². The summed E-state index contributed by atoms with van der Waals surface area (Å²) in [5.74, 6) is 0.627. The SMILES string of the molecule is OCc1nncn1CCCCn1ccnc1. The highest BCUT2D eigenvalue weighted by Gasteiger charge is 2.01. The van der Waals surface area contributed by atoms with Crippen LogP contribution in [0.4, 0.5) is 0 Å². The monoisotopic (exact) mass is 221 g/mol. The summed E-state index contributed by atoms with van der Waals surface area (Å²) in [6.07, 6.45) is 9.31. The number of aliphatic hydroxyl groups is 1. The van der Waals surface area contributed by atoms with Crippen molar-refractivity contribution in [2.45, 2.75) is 32.5 Å². The van der Waals surface area contributed by atoms with Gasteiger partial charge in [-0.05, 0) is 12.8 Å². The Morgan fingerprint density at radius 3 is 2.81 bits per heavy atom. The first kappa shape index (κ1) is 10.8. The van der Waals surface area contributed by atoms with Crippen molar-refractivity contribution in [3.63, 3.8) is 0 Å². The van der Waals surface area contributed by atoms with Gasteiger partial charge in [-0.25, -0.2) is 4.98 Å². The molecule has 0 fully saturated rings. The minimum absolute atomic E-state index is 0.0540. The molecule has 16 heavy (non-hydrogen) atoms. The minimum Gasteiger partial charge on any atom is -0.388 e. The summed E-state index contributed by atoms with van der Waals surface area (Å²) in [6.45, 7) is 1.76. The lowest BCUT2D eigenvalue weighted by atomic mass is 10.3. The predicted molar refractivity (Wildman–Crippen MR) is 57.4 cm³/mol. The van der Waals surface area contributed by atoms with E-state index in [1.807, 2.05) is 17.1 Å². The first-order valence-corrected chi connectivity index (χ1v) is 5.33. The molecule has 1 N–H and O–H groups in total. The Balaban J connectivity index is 1.72. The van der Waals surface area contributed by atoms with Crippen LogP contribution < -0.4 is 0 Å². The molecule has 0 bridgehead atoms. The van der Waals surface area contributed by atoms with Gasteiger partial charge in [-0.1, -0.05) is 0 Å². The maximum absolute atomic E-state index is 8.98. The fraction of sp³-hybridized carbons (Fsp3) is 0.500. The third-order valence-electron chi connectivity index (χ3n) is 2.46. The predicted octanol–water partition coefficient (Wildman–Crippen LogP) is 0.447. The van der Waals surface area contributed by atoms with Gasteiger partial charge in [0.05, 0.1) is 6.33 Å². The number of hydrogen-bond acceptors (Lipinski definition) is 4. The molecule has 0 atom stereocenters. The number of rotatable bonds is 6. The van der Waals surface area contributed by atoms with Gasteiger partial charge < -0.3 is 14.2 Å². The van der Waals surface area contributed by atoms with E-state index in [0.29, 0.717) is 5.82 Å². The zero-order chi connectivity index (χ0) is 11.2. The molecule has 0 spiro atoms. The van der Waals surface area contributed by atoms with Gasteiger partial charge in [0.2, 0.25) is 0 Å². The number of aromatic nitrogens is 5. The van der Waals surface area contributed by atoms with Gasteiger partial charge in [-0.3, -0.25) is 0 Å². The van der Waals surface area contributed by atoms with E-state index < -0.39 is 0 Å². The molecular weight excluding hydrogens is 206 g/mol. The Morgan fingerprint density at radius 2 is 2.06 bits per heavy atom. The van der Waals surface area contributed by atoms with E-state index in [1.165, 1.54) is 0 Å². The van der Waals surface area contributed by atoms with E-state index in [0.717, 1.165) is 25.9 Å². The van der Waals surface area contributed by atoms with E-state index >= 15 is 0 Å². The Morgan fingerprint density at radius 1 is 1.19 bits per heavy atom.